The van der Waals surface area contributed by atoms with Gasteiger partial charge < -0.3 is 14.4 Å². The van der Waals surface area contributed by atoms with E-state index in [0.29, 0.717) is 18.2 Å². The lowest BCUT2D eigenvalue weighted by Gasteiger charge is -2.29. The van der Waals surface area contributed by atoms with Crippen molar-refractivity contribution in [2.24, 2.45) is 0 Å². The monoisotopic (exact) mass is 323 g/mol. The largest absolute Gasteiger partial charge is 0.444 e. The second-order valence-electron chi connectivity index (χ2n) is 6.96. The van der Waals surface area contributed by atoms with Gasteiger partial charge in [-0.3, -0.25) is 0 Å². The van der Waals surface area contributed by atoms with Gasteiger partial charge in [0.2, 0.25) is 0 Å². The van der Waals surface area contributed by atoms with Crippen LogP contribution in [0.4, 0.5) is 4.79 Å². The molecular weight excluding hydrogens is 302 g/mol. The highest BCUT2D eigenvalue weighted by Crippen LogP contribution is 2.39. The van der Waals surface area contributed by atoms with E-state index in [-0.39, 0.29) is 12.1 Å². The highest BCUT2D eigenvalue weighted by Gasteiger charge is 2.35. The van der Waals surface area contributed by atoms with Gasteiger partial charge in [-0.1, -0.05) is 11.6 Å². The lowest BCUT2D eigenvalue weighted by Crippen LogP contribution is -2.36. The Kier molecular flexibility index (Phi) is 4.08. The highest BCUT2D eigenvalue weighted by atomic mass is 35.5. The van der Waals surface area contributed by atoms with Crippen LogP contribution in [0.25, 0.3) is 0 Å². The average molecular weight is 324 g/mol. The first kappa shape index (κ1) is 15.6. The van der Waals surface area contributed by atoms with E-state index in [1.165, 1.54) is 5.56 Å². The van der Waals surface area contributed by atoms with E-state index in [4.69, 9.17) is 21.1 Å². The summed E-state index contributed by atoms with van der Waals surface area (Å²) in [5.41, 5.74) is 2.95. The molecule has 5 heteroatoms. The van der Waals surface area contributed by atoms with Gasteiger partial charge in [-0.2, -0.15) is 0 Å². The minimum Gasteiger partial charge on any atom is -0.444 e. The minimum atomic E-state index is -0.483. The van der Waals surface area contributed by atoms with Gasteiger partial charge in [0.15, 0.2) is 0 Å². The molecule has 0 spiro atoms. The van der Waals surface area contributed by atoms with Gasteiger partial charge in [-0.15, -0.1) is 0 Å². The SMILES string of the molecule is CC(C)(C)OC(=O)N1CCCC1c1cc(Cl)cc2c1COC2. The zero-order valence-electron chi connectivity index (χ0n) is 13.3. The van der Waals surface area contributed by atoms with Crippen molar-refractivity contribution in [3.63, 3.8) is 0 Å². The normalized spacial score (nSPS) is 21.1. The number of amides is 1. The first-order valence-corrected chi connectivity index (χ1v) is 8.11. The lowest BCUT2D eigenvalue weighted by molar-refractivity contribution is 0.0223. The summed E-state index contributed by atoms with van der Waals surface area (Å²) < 4.78 is 11.1. The van der Waals surface area contributed by atoms with Crippen molar-refractivity contribution in [3.8, 4) is 0 Å². The molecule has 4 nitrogen and oxygen atoms in total. The fraction of sp³-hybridized carbons (Fsp3) is 0.588. The van der Waals surface area contributed by atoms with Crippen molar-refractivity contribution in [2.45, 2.75) is 58.5 Å². The topological polar surface area (TPSA) is 38.8 Å². The third-order valence-corrected chi connectivity index (χ3v) is 4.30. The van der Waals surface area contributed by atoms with E-state index < -0.39 is 5.60 Å². The smallest absolute Gasteiger partial charge is 0.410 e. The Balaban J connectivity index is 1.90. The summed E-state index contributed by atoms with van der Waals surface area (Å²) in [5, 5.41) is 0.704. The number of ether oxygens (including phenoxy) is 2. The Bertz CT molecular complexity index is 594. The maximum atomic E-state index is 12.5. The van der Waals surface area contributed by atoms with Crippen LogP contribution in [0, 0.1) is 0 Å². The Morgan fingerprint density at radius 1 is 1.36 bits per heavy atom. The number of hydrogen-bond donors (Lipinski definition) is 0. The number of benzene rings is 1. The van der Waals surface area contributed by atoms with Crippen LogP contribution in [0.15, 0.2) is 12.1 Å². The molecule has 0 bridgehead atoms. The molecule has 0 aromatic heterocycles. The van der Waals surface area contributed by atoms with E-state index in [1.54, 1.807) is 0 Å². The minimum absolute atomic E-state index is 0.0315. The number of nitrogens with zero attached hydrogens (tertiary/aromatic N) is 1. The highest BCUT2D eigenvalue weighted by molar-refractivity contribution is 6.30. The Hall–Kier alpha value is -1.26. The van der Waals surface area contributed by atoms with Gasteiger partial charge in [0.1, 0.15) is 5.60 Å². The van der Waals surface area contributed by atoms with Crippen LogP contribution in [-0.4, -0.2) is 23.1 Å². The van der Waals surface area contributed by atoms with Crippen LogP contribution in [-0.2, 0) is 22.7 Å². The van der Waals surface area contributed by atoms with Gasteiger partial charge in [0, 0.05) is 11.6 Å². The van der Waals surface area contributed by atoms with Crippen LogP contribution in [0.5, 0.6) is 0 Å². The number of halogens is 1. The van der Waals surface area contributed by atoms with E-state index in [9.17, 15) is 4.79 Å². The molecule has 1 aromatic carbocycles. The third-order valence-electron chi connectivity index (χ3n) is 4.09. The molecular formula is C17H22ClNO3. The van der Waals surface area contributed by atoms with Crippen molar-refractivity contribution in [3.05, 3.63) is 33.8 Å². The molecule has 1 aromatic rings. The molecule has 2 heterocycles. The Morgan fingerprint density at radius 3 is 2.86 bits per heavy atom. The molecule has 1 unspecified atom stereocenters. The standard InChI is InChI=1S/C17H22ClNO3/c1-17(2,3)22-16(20)19-6-4-5-15(19)13-8-12(18)7-11-9-21-10-14(11)13/h7-8,15H,4-6,9-10H2,1-3H3. The summed E-state index contributed by atoms with van der Waals surface area (Å²) >= 11 is 6.25. The fourth-order valence-electron chi connectivity index (χ4n) is 3.21. The van der Waals surface area contributed by atoms with Crippen LogP contribution in [0.3, 0.4) is 0 Å². The Morgan fingerprint density at radius 2 is 2.14 bits per heavy atom. The molecule has 22 heavy (non-hydrogen) atoms. The van der Waals surface area contributed by atoms with E-state index in [0.717, 1.165) is 30.5 Å². The average Bonchev–Trinajstić information content (AvgIpc) is 3.03. The zero-order chi connectivity index (χ0) is 15.9. The number of carbonyl (C=O) groups is 1. The van der Waals surface area contributed by atoms with Crippen LogP contribution < -0.4 is 0 Å². The van der Waals surface area contributed by atoms with E-state index in [1.807, 2.05) is 37.8 Å². The first-order chi connectivity index (χ1) is 10.3. The van der Waals surface area contributed by atoms with E-state index >= 15 is 0 Å². The molecule has 1 atom stereocenters. The van der Waals surface area contributed by atoms with Gasteiger partial charge in [0.05, 0.1) is 19.3 Å². The van der Waals surface area contributed by atoms with Crippen molar-refractivity contribution < 1.29 is 14.3 Å². The number of hydrogen-bond acceptors (Lipinski definition) is 3. The summed E-state index contributed by atoms with van der Waals surface area (Å²) in [4.78, 5) is 14.3. The molecule has 1 saturated heterocycles. The molecule has 2 aliphatic rings. The van der Waals surface area contributed by atoms with Crippen molar-refractivity contribution in [2.75, 3.05) is 6.54 Å². The second-order valence-corrected chi connectivity index (χ2v) is 7.39. The van der Waals surface area contributed by atoms with Crippen molar-refractivity contribution in [1.82, 2.24) is 4.90 Å². The predicted molar refractivity (Wildman–Crippen MR) is 84.9 cm³/mol. The molecule has 2 aliphatic heterocycles. The summed E-state index contributed by atoms with van der Waals surface area (Å²) in [6.07, 6.45) is 1.67. The lowest BCUT2D eigenvalue weighted by atomic mass is 9.96. The molecule has 1 fully saturated rings. The second kappa shape index (κ2) is 5.74. The first-order valence-electron chi connectivity index (χ1n) is 7.74. The maximum Gasteiger partial charge on any atom is 0.410 e. The molecule has 0 saturated carbocycles. The summed E-state index contributed by atoms with van der Waals surface area (Å²) in [7, 11) is 0. The number of likely N-dealkylation sites (tertiary alicyclic amines) is 1. The van der Waals surface area contributed by atoms with Gasteiger partial charge >= 0.3 is 6.09 Å². The Labute approximate surface area is 136 Å². The third kappa shape index (κ3) is 3.08. The maximum absolute atomic E-state index is 12.5. The van der Waals surface area contributed by atoms with Crippen molar-refractivity contribution >= 4 is 17.7 Å². The molecule has 1 amide bonds. The molecule has 120 valence electrons. The van der Waals surface area contributed by atoms with Gasteiger partial charge in [0.25, 0.3) is 0 Å². The van der Waals surface area contributed by atoms with Crippen LogP contribution in [0.2, 0.25) is 5.02 Å². The quantitative estimate of drug-likeness (QED) is 0.766. The van der Waals surface area contributed by atoms with E-state index in [2.05, 4.69) is 0 Å². The summed E-state index contributed by atoms with van der Waals surface area (Å²) in [6.45, 7) is 7.59. The number of carbonyl (C=O) groups excluding carboxylic acids is 1. The number of rotatable bonds is 1. The number of fused-ring (bicyclic) bond motifs is 1. The summed E-state index contributed by atoms with van der Waals surface area (Å²) in [5.74, 6) is 0. The fourth-order valence-corrected chi connectivity index (χ4v) is 3.46. The predicted octanol–water partition coefficient (Wildman–Crippen LogP) is 4.44. The molecule has 0 radical (unpaired) electrons. The molecule has 3 rings (SSSR count). The van der Waals surface area contributed by atoms with Crippen LogP contribution >= 0.6 is 11.6 Å². The summed E-state index contributed by atoms with van der Waals surface area (Å²) in [6, 6.07) is 3.96. The van der Waals surface area contributed by atoms with Gasteiger partial charge in [-0.05, 0) is 62.4 Å². The molecule has 0 N–H and O–H groups in total. The van der Waals surface area contributed by atoms with Crippen LogP contribution in [0.1, 0.15) is 56.3 Å². The van der Waals surface area contributed by atoms with Crippen molar-refractivity contribution in [1.29, 1.82) is 0 Å². The zero-order valence-corrected chi connectivity index (χ0v) is 14.1. The molecule has 0 aliphatic carbocycles. The van der Waals surface area contributed by atoms with Gasteiger partial charge in [-0.25, -0.2) is 4.79 Å².